The first-order valence-corrected chi connectivity index (χ1v) is 6.10. The summed E-state index contributed by atoms with van der Waals surface area (Å²) in [6.07, 6.45) is 0.324. The van der Waals surface area contributed by atoms with Gasteiger partial charge in [0.25, 0.3) is 0 Å². The van der Waals surface area contributed by atoms with Gasteiger partial charge in [0.05, 0.1) is 10.2 Å². The van der Waals surface area contributed by atoms with E-state index in [1.165, 1.54) is 12.3 Å². The quantitative estimate of drug-likeness (QED) is 0.881. The Morgan fingerprint density at radius 1 is 1.22 bits per heavy atom. The summed E-state index contributed by atoms with van der Waals surface area (Å²) in [6, 6.07) is 7.48. The summed E-state index contributed by atoms with van der Waals surface area (Å²) in [5.74, 6) is -1.37. The summed E-state index contributed by atoms with van der Waals surface area (Å²) in [5.41, 5.74) is 0.235. The monoisotopic (exact) mass is 313 g/mol. The molecule has 1 unspecified atom stereocenters. The van der Waals surface area contributed by atoms with E-state index >= 15 is 0 Å². The molecule has 1 aromatic heterocycles. The van der Waals surface area contributed by atoms with Gasteiger partial charge in [-0.1, -0.05) is 6.07 Å². The van der Waals surface area contributed by atoms with Crippen molar-refractivity contribution in [3.05, 3.63) is 63.9 Å². The van der Waals surface area contributed by atoms with E-state index in [1.54, 1.807) is 18.2 Å². The number of hydrogen-bond acceptors (Lipinski definition) is 2. The van der Waals surface area contributed by atoms with Gasteiger partial charge in [0, 0.05) is 18.2 Å². The molecule has 0 saturated carbocycles. The van der Waals surface area contributed by atoms with E-state index in [2.05, 4.69) is 20.9 Å². The molecule has 0 aliphatic carbocycles. The van der Waals surface area contributed by atoms with Crippen molar-refractivity contribution in [3.63, 3.8) is 0 Å². The molecule has 1 aromatic carbocycles. The summed E-state index contributed by atoms with van der Waals surface area (Å²) in [5, 5.41) is 9.90. The van der Waals surface area contributed by atoms with Crippen LogP contribution in [0.2, 0.25) is 0 Å². The molecule has 18 heavy (non-hydrogen) atoms. The number of pyridine rings is 1. The maximum atomic E-state index is 13.7. The van der Waals surface area contributed by atoms with Crippen LogP contribution >= 0.6 is 15.9 Å². The Labute approximate surface area is 111 Å². The standard InChI is InChI=1S/C13H10BrF2NO/c14-9-4-5-10(15)8(13(9)16)7-12(18)11-3-1-2-6-17-11/h1-6,12,18H,7H2. The maximum Gasteiger partial charge on any atom is 0.143 e. The smallest absolute Gasteiger partial charge is 0.143 e. The zero-order valence-corrected chi connectivity index (χ0v) is 10.9. The van der Waals surface area contributed by atoms with E-state index in [9.17, 15) is 13.9 Å². The van der Waals surface area contributed by atoms with Gasteiger partial charge in [-0.05, 0) is 40.2 Å². The van der Waals surface area contributed by atoms with Gasteiger partial charge in [-0.15, -0.1) is 0 Å². The Kier molecular flexibility index (Phi) is 4.04. The van der Waals surface area contributed by atoms with Crippen LogP contribution in [0.25, 0.3) is 0 Å². The fraction of sp³-hybridized carbons (Fsp3) is 0.154. The van der Waals surface area contributed by atoms with Crippen molar-refractivity contribution in [2.75, 3.05) is 0 Å². The molecule has 2 aromatic rings. The molecule has 0 spiro atoms. The molecule has 0 fully saturated rings. The van der Waals surface area contributed by atoms with Crippen molar-refractivity contribution in [3.8, 4) is 0 Å². The Morgan fingerprint density at radius 2 is 2.00 bits per heavy atom. The molecule has 5 heteroatoms. The number of aliphatic hydroxyl groups is 1. The molecule has 0 saturated heterocycles. The number of rotatable bonds is 3. The topological polar surface area (TPSA) is 33.1 Å². The minimum absolute atomic E-state index is 0.150. The highest BCUT2D eigenvalue weighted by Crippen LogP contribution is 2.25. The molecule has 2 nitrogen and oxygen atoms in total. The van der Waals surface area contributed by atoms with Gasteiger partial charge in [-0.2, -0.15) is 0 Å². The van der Waals surface area contributed by atoms with Gasteiger partial charge in [0.2, 0.25) is 0 Å². The highest BCUT2D eigenvalue weighted by molar-refractivity contribution is 9.10. The zero-order valence-electron chi connectivity index (χ0n) is 9.28. The lowest BCUT2D eigenvalue weighted by Crippen LogP contribution is -2.07. The molecular formula is C13H10BrF2NO. The van der Waals surface area contributed by atoms with E-state index in [-0.39, 0.29) is 16.5 Å². The molecule has 94 valence electrons. The zero-order chi connectivity index (χ0) is 13.1. The van der Waals surface area contributed by atoms with Crippen LogP contribution in [0.1, 0.15) is 17.4 Å². The molecule has 0 radical (unpaired) electrons. The van der Waals surface area contributed by atoms with Gasteiger partial charge >= 0.3 is 0 Å². The molecule has 1 atom stereocenters. The third-order valence-electron chi connectivity index (χ3n) is 2.57. The van der Waals surface area contributed by atoms with E-state index < -0.39 is 17.7 Å². The number of aromatic nitrogens is 1. The summed E-state index contributed by atoms with van der Waals surface area (Å²) < 4.78 is 27.4. The highest BCUT2D eigenvalue weighted by Gasteiger charge is 2.17. The van der Waals surface area contributed by atoms with Gasteiger partial charge in [-0.25, -0.2) is 8.78 Å². The predicted octanol–water partition coefficient (Wildman–Crippen LogP) is 3.40. The third kappa shape index (κ3) is 2.73. The fourth-order valence-corrected chi connectivity index (χ4v) is 2.00. The molecule has 0 bridgehead atoms. The first kappa shape index (κ1) is 13.1. The lowest BCUT2D eigenvalue weighted by atomic mass is 10.0. The number of aliphatic hydroxyl groups excluding tert-OH is 1. The van der Waals surface area contributed by atoms with Crippen LogP contribution in [0, 0.1) is 11.6 Å². The molecular weight excluding hydrogens is 304 g/mol. The number of nitrogens with zero attached hydrogens (tertiary/aromatic N) is 1. The van der Waals surface area contributed by atoms with Crippen molar-refractivity contribution in [1.29, 1.82) is 0 Å². The first-order valence-electron chi connectivity index (χ1n) is 5.31. The largest absolute Gasteiger partial charge is 0.386 e. The molecule has 1 N–H and O–H groups in total. The van der Waals surface area contributed by atoms with Crippen LogP contribution in [0.4, 0.5) is 8.78 Å². The van der Waals surface area contributed by atoms with Gasteiger partial charge < -0.3 is 5.11 Å². The van der Waals surface area contributed by atoms with Gasteiger partial charge in [0.1, 0.15) is 17.7 Å². The van der Waals surface area contributed by atoms with Crippen molar-refractivity contribution in [2.45, 2.75) is 12.5 Å². The maximum absolute atomic E-state index is 13.7. The van der Waals surface area contributed by atoms with Crippen LogP contribution in [0.5, 0.6) is 0 Å². The van der Waals surface area contributed by atoms with Crippen LogP contribution < -0.4 is 0 Å². The number of hydrogen-bond donors (Lipinski definition) is 1. The Morgan fingerprint density at radius 3 is 2.67 bits per heavy atom. The molecule has 1 heterocycles. The Balaban J connectivity index is 2.27. The van der Waals surface area contributed by atoms with E-state index in [0.717, 1.165) is 6.07 Å². The van der Waals surface area contributed by atoms with Crippen LogP contribution in [0.15, 0.2) is 41.0 Å². The van der Waals surface area contributed by atoms with Crippen molar-refractivity contribution in [1.82, 2.24) is 4.98 Å². The number of benzene rings is 1. The number of halogens is 3. The average molecular weight is 314 g/mol. The minimum Gasteiger partial charge on any atom is -0.386 e. The second kappa shape index (κ2) is 5.54. The normalized spacial score (nSPS) is 12.4. The highest BCUT2D eigenvalue weighted by atomic mass is 79.9. The van der Waals surface area contributed by atoms with Crippen molar-refractivity contribution in [2.24, 2.45) is 0 Å². The second-order valence-electron chi connectivity index (χ2n) is 3.80. The molecule has 0 aliphatic heterocycles. The summed E-state index contributed by atoms with van der Waals surface area (Å²) in [4.78, 5) is 3.95. The minimum atomic E-state index is -1.04. The Hall–Kier alpha value is -1.33. The van der Waals surface area contributed by atoms with Crippen molar-refractivity contribution >= 4 is 15.9 Å². The first-order chi connectivity index (χ1) is 8.59. The van der Waals surface area contributed by atoms with Crippen LogP contribution in [-0.2, 0) is 6.42 Å². The van der Waals surface area contributed by atoms with Crippen molar-refractivity contribution < 1.29 is 13.9 Å². The van der Waals surface area contributed by atoms with Gasteiger partial charge in [-0.3, -0.25) is 4.98 Å². The molecule has 0 amide bonds. The SMILES string of the molecule is OC(Cc1c(F)ccc(Br)c1F)c1ccccn1. The summed E-state index contributed by atoms with van der Waals surface area (Å²) in [6.45, 7) is 0. The molecule has 2 rings (SSSR count). The second-order valence-corrected chi connectivity index (χ2v) is 4.65. The van der Waals surface area contributed by atoms with E-state index in [1.807, 2.05) is 0 Å². The van der Waals surface area contributed by atoms with Crippen LogP contribution in [-0.4, -0.2) is 10.1 Å². The predicted molar refractivity (Wildman–Crippen MR) is 67.0 cm³/mol. The lowest BCUT2D eigenvalue weighted by Gasteiger charge is -2.12. The third-order valence-corrected chi connectivity index (χ3v) is 3.18. The van der Waals surface area contributed by atoms with Gasteiger partial charge in [0.15, 0.2) is 0 Å². The summed E-state index contributed by atoms with van der Waals surface area (Å²) in [7, 11) is 0. The average Bonchev–Trinajstić information content (AvgIpc) is 2.40. The lowest BCUT2D eigenvalue weighted by molar-refractivity contribution is 0.171. The summed E-state index contributed by atoms with van der Waals surface area (Å²) >= 11 is 2.99. The fourth-order valence-electron chi connectivity index (χ4n) is 1.63. The Bertz CT molecular complexity index is 548. The molecule has 0 aliphatic rings. The van der Waals surface area contributed by atoms with E-state index in [0.29, 0.717) is 5.69 Å². The van der Waals surface area contributed by atoms with Crippen LogP contribution in [0.3, 0.4) is 0 Å². The van der Waals surface area contributed by atoms with E-state index in [4.69, 9.17) is 0 Å².